The molecule has 0 aliphatic heterocycles. The van der Waals surface area contributed by atoms with E-state index in [1.807, 2.05) is 31.2 Å². The molecule has 0 saturated carbocycles. The first-order valence-corrected chi connectivity index (χ1v) is 5.20. The van der Waals surface area contributed by atoms with Crippen LogP contribution in [0.3, 0.4) is 0 Å². The fraction of sp³-hybridized carbons (Fsp3) is 0.0769. The number of nitrogens with one attached hydrogen (secondary N) is 2. The van der Waals surface area contributed by atoms with Crippen LogP contribution in [0.4, 0.5) is 5.69 Å². The van der Waals surface area contributed by atoms with E-state index in [9.17, 15) is 9.59 Å². The van der Waals surface area contributed by atoms with Crippen LogP contribution >= 0.6 is 0 Å². The maximum atomic E-state index is 11.8. The predicted molar refractivity (Wildman–Crippen MR) is 65.3 cm³/mol. The van der Waals surface area contributed by atoms with Crippen LogP contribution in [0.5, 0.6) is 0 Å². The van der Waals surface area contributed by atoms with Gasteiger partial charge in [0.15, 0.2) is 6.29 Å². The van der Waals surface area contributed by atoms with E-state index in [0.29, 0.717) is 17.5 Å². The van der Waals surface area contributed by atoms with E-state index in [4.69, 9.17) is 0 Å². The van der Waals surface area contributed by atoms with Gasteiger partial charge < -0.3 is 10.3 Å². The third-order valence-electron chi connectivity index (χ3n) is 2.36. The highest BCUT2D eigenvalue weighted by Gasteiger charge is 2.08. The Kier molecular flexibility index (Phi) is 3.05. The summed E-state index contributed by atoms with van der Waals surface area (Å²) in [5.74, 6) is -0.260. The highest BCUT2D eigenvalue weighted by Crippen LogP contribution is 2.11. The minimum Gasteiger partial charge on any atom is -0.356 e. The van der Waals surface area contributed by atoms with E-state index >= 15 is 0 Å². The van der Waals surface area contributed by atoms with Gasteiger partial charge in [-0.3, -0.25) is 9.59 Å². The van der Waals surface area contributed by atoms with Crippen LogP contribution in [-0.4, -0.2) is 17.2 Å². The molecule has 0 atom stereocenters. The molecule has 1 heterocycles. The van der Waals surface area contributed by atoms with Gasteiger partial charge >= 0.3 is 0 Å². The molecule has 86 valence electrons. The van der Waals surface area contributed by atoms with Gasteiger partial charge in [0.1, 0.15) is 5.69 Å². The summed E-state index contributed by atoms with van der Waals surface area (Å²) in [5.41, 5.74) is 2.63. The van der Waals surface area contributed by atoms with Crippen molar-refractivity contribution in [1.29, 1.82) is 0 Å². The van der Waals surface area contributed by atoms with Crippen LogP contribution < -0.4 is 5.32 Å². The van der Waals surface area contributed by atoms with Gasteiger partial charge in [0.2, 0.25) is 0 Å². The average molecular weight is 228 g/mol. The highest BCUT2D eigenvalue weighted by molar-refractivity contribution is 6.03. The lowest BCUT2D eigenvalue weighted by Gasteiger charge is -2.04. The predicted octanol–water partition coefficient (Wildman–Crippen LogP) is 2.39. The number of aryl methyl sites for hydroxylation is 1. The Morgan fingerprint density at radius 2 is 2.18 bits per heavy atom. The number of amides is 1. The van der Waals surface area contributed by atoms with Crippen molar-refractivity contribution in [2.24, 2.45) is 0 Å². The molecule has 0 spiro atoms. The minimum absolute atomic E-state index is 0.260. The van der Waals surface area contributed by atoms with E-state index in [1.165, 1.54) is 12.3 Å². The monoisotopic (exact) mass is 228 g/mol. The number of anilines is 1. The standard InChI is InChI=1S/C13H12N2O2/c1-9-3-2-4-11(5-9)15-13(17)12-6-10(8-16)7-14-12/h2-8,14H,1H3,(H,15,17). The van der Waals surface area contributed by atoms with Crippen molar-refractivity contribution in [3.05, 3.63) is 53.3 Å². The molecule has 2 aromatic rings. The average Bonchev–Trinajstić information content (AvgIpc) is 2.77. The number of benzene rings is 1. The summed E-state index contributed by atoms with van der Waals surface area (Å²) < 4.78 is 0. The lowest BCUT2D eigenvalue weighted by Crippen LogP contribution is -2.12. The Balaban J connectivity index is 2.14. The molecule has 0 fully saturated rings. The van der Waals surface area contributed by atoms with E-state index in [0.717, 1.165) is 11.3 Å². The number of carbonyl (C=O) groups excluding carboxylic acids is 2. The SMILES string of the molecule is Cc1cccc(NC(=O)c2cc(C=O)c[nH]2)c1. The summed E-state index contributed by atoms with van der Waals surface area (Å²) in [6, 6.07) is 9.03. The number of aldehydes is 1. The lowest BCUT2D eigenvalue weighted by molar-refractivity contribution is 0.102. The Morgan fingerprint density at radius 3 is 2.82 bits per heavy atom. The maximum Gasteiger partial charge on any atom is 0.272 e. The van der Waals surface area contributed by atoms with Crippen molar-refractivity contribution in [3.8, 4) is 0 Å². The van der Waals surface area contributed by atoms with Crippen molar-refractivity contribution in [2.75, 3.05) is 5.32 Å². The number of hydrogen-bond acceptors (Lipinski definition) is 2. The molecule has 0 unspecified atom stereocenters. The molecule has 1 amide bonds. The minimum atomic E-state index is -0.260. The highest BCUT2D eigenvalue weighted by atomic mass is 16.1. The molecule has 0 radical (unpaired) electrons. The normalized spacial score (nSPS) is 9.94. The van der Waals surface area contributed by atoms with Crippen LogP contribution in [-0.2, 0) is 0 Å². The van der Waals surface area contributed by atoms with Crippen LogP contribution in [0.2, 0.25) is 0 Å². The summed E-state index contributed by atoms with van der Waals surface area (Å²) >= 11 is 0. The zero-order chi connectivity index (χ0) is 12.3. The van der Waals surface area contributed by atoms with Crippen LogP contribution in [0.1, 0.15) is 26.4 Å². The number of hydrogen-bond donors (Lipinski definition) is 2. The van der Waals surface area contributed by atoms with E-state index in [1.54, 1.807) is 0 Å². The summed E-state index contributed by atoms with van der Waals surface area (Å²) in [7, 11) is 0. The summed E-state index contributed by atoms with van der Waals surface area (Å²) in [4.78, 5) is 25.0. The van der Waals surface area contributed by atoms with Crippen molar-refractivity contribution in [3.63, 3.8) is 0 Å². The van der Waals surface area contributed by atoms with E-state index in [-0.39, 0.29) is 5.91 Å². The lowest BCUT2D eigenvalue weighted by atomic mass is 10.2. The third-order valence-corrected chi connectivity index (χ3v) is 2.36. The van der Waals surface area contributed by atoms with Gasteiger partial charge in [-0.05, 0) is 30.7 Å². The molecule has 0 bridgehead atoms. The van der Waals surface area contributed by atoms with Gasteiger partial charge in [0.05, 0.1) is 0 Å². The van der Waals surface area contributed by atoms with Gasteiger partial charge in [-0.2, -0.15) is 0 Å². The first kappa shape index (κ1) is 11.1. The topological polar surface area (TPSA) is 62.0 Å². The Bertz CT molecular complexity index is 558. The van der Waals surface area contributed by atoms with Crippen molar-refractivity contribution in [1.82, 2.24) is 4.98 Å². The fourth-order valence-corrected chi connectivity index (χ4v) is 1.53. The number of H-pyrrole nitrogens is 1. The van der Waals surface area contributed by atoms with Crippen molar-refractivity contribution >= 4 is 17.9 Å². The number of rotatable bonds is 3. The number of aromatic amines is 1. The molecule has 4 heteroatoms. The second-order valence-corrected chi connectivity index (χ2v) is 3.79. The molecule has 0 aliphatic carbocycles. The second-order valence-electron chi connectivity index (χ2n) is 3.79. The van der Waals surface area contributed by atoms with E-state index in [2.05, 4.69) is 10.3 Å². The molecular weight excluding hydrogens is 216 g/mol. The Hall–Kier alpha value is -2.36. The number of carbonyl (C=O) groups is 2. The Morgan fingerprint density at radius 1 is 1.35 bits per heavy atom. The largest absolute Gasteiger partial charge is 0.356 e. The molecule has 1 aromatic carbocycles. The Labute approximate surface area is 98.7 Å². The third kappa shape index (κ3) is 2.60. The van der Waals surface area contributed by atoms with Gasteiger partial charge in [0.25, 0.3) is 5.91 Å². The molecule has 17 heavy (non-hydrogen) atoms. The van der Waals surface area contributed by atoms with Gasteiger partial charge in [-0.25, -0.2) is 0 Å². The second kappa shape index (κ2) is 4.65. The quantitative estimate of drug-likeness (QED) is 0.792. The first-order valence-electron chi connectivity index (χ1n) is 5.20. The van der Waals surface area contributed by atoms with Crippen LogP contribution in [0.25, 0.3) is 0 Å². The van der Waals surface area contributed by atoms with Crippen LogP contribution in [0, 0.1) is 6.92 Å². The molecule has 2 rings (SSSR count). The smallest absolute Gasteiger partial charge is 0.272 e. The molecule has 0 saturated heterocycles. The number of aromatic nitrogens is 1. The molecule has 4 nitrogen and oxygen atoms in total. The molecular formula is C13H12N2O2. The zero-order valence-electron chi connectivity index (χ0n) is 9.36. The van der Waals surface area contributed by atoms with Crippen LogP contribution in [0.15, 0.2) is 36.5 Å². The molecule has 1 aromatic heterocycles. The summed E-state index contributed by atoms with van der Waals surface area (Å²) in [6.07, 6.45) is 2.19. The van der Waals surface area contributed by atoms with Gasteiger partial charge in [0, 0.05) is 17.4 Å². The summed E-state index contributed by atoms with van der Waals surface area (Å²) in [6.45, 7) is 1.95. The summed E-state index contributed by atoms with van der Waals surface area (Å²) in [5, 5.41) is 2.75. The first-order chi connectivity index (χ1) is 8.19. The zero-order valence-corrected chi connectivity index (χ0v) is 9.36. The van der Waals surface area contributed by atoms with Crippen molar-refractivity contribution in [2.45, 2.75) is 6.92 Å². The van der Waals surface area contributed by atoms with Gasteiger partial charge in [-0.15, -0.1) is 0 Å². The van der Waals surface area contributed by atoms with E-state index < -0.39 is 0 Å². The van der Waals surface area contributed by atoms with Crippen molar-refractivity contribution < 1.29 is 9.59 Å². The van der Waals surface area contributed by atoms with Gasteiger partial charge in [-0.1, -0.05) is 12.1 Å². The fourth-order valence-electron chi connectivity index (χ4n) is 1.53. The maximum absolute atomic E-state index is 11.8. The molecule has 2 N–H and O–H groups in total. The molecule has 0 aliphatic rings.